The number of amides is 1. The van der Waals surface area contributed by atoms with E-state index in [2.05, 4.69) is 0 Å². The van der Waals surface area contributed by atoms with E-state index in [0.29, 0.717) is 13.0 Å². The molecule has 0 saturated carbocycles. The van der Waals surface area contributed by atoms with E-state index >= 15 is 0 Å². The molecule has 1 N–H and O–H groups in total. The number of hydrogen-bond donors (Lipinski definition) is 1. The molecule has 0 aromatic rings. The maximum atomic E-state index is 13.5. The van der Waals surface area contributed by atoms with Crippen molar-refractivity contribution in [3.63, 3.8) is 0 Å². The summed E-state index contributed by atoms with van der Waals surface area (Å²) in [5, 5.41) is 8.63. The average Bonchev–Trinajstić information content (AvgIpc) is 3.36. The quantitative estimate of drug-likeness (QED) is 0.123. The Hall–Kier alpha value is -3.22. The summed E-state index contributed by atoms with van der Waals surface area (Å²) in [6.45, 7) is 8.87. The third kappa shape index (κ3) is 10.6. The fourth-order valence-electron chi connectivity index (χ4n) is 4.52. The van der Waals surface area contributed by atoms with Crippen molar-refractivity contribution in [1.82, 2.24) is 4.90 Å². The molecule has 1 amide bonds. The van der Waals surface area contributed by atoms with Gasteiger partial charge in [0.1, 0.15) is 26.4 Å². The minimum atomic E-state index is -1.40. The lowest BCUT2D eigenvalue weighted by molar-refractivity contribution is -0.182. The van der Waals surface area contributed by atoms with E-state index in [1.54, 1.807) is 39.5 Å². The third-order valence-electron chi connectivity index (χ3n) is 8.04. The van der Waals surface area contributed by atoms with Crippen LogP contribution in [0.4, 0.5) is 0 Å². The fourth-order valence-corrected chi connectivity index (χ4v) is 4.52. The molecule has 0 aromatic carbocycles. The second kappa shape index (κ2) is 17.0. The Morgan fingerprint density at radius 3 is 1.93 bits per heavy atom. The largest absolute Gasteiger partial charge is 0.481 e. The number of aliphatic carboxylic acids is 1. The van der Waals surface area contributed by atoms with E-state index in [0.717, 1.165) is 6.42 Å². The Bertz CT molecular complexity index is 964. The van der Waals surface area contributed by atoms with Gasteiger partial charge >= 0.3 is 29.8 Å². The van der Waals surface area contributed by atoms with Crippen LogP contribution in [-0.4, -0.2) is 99.0 Å². The highest BCUT2D eigenvalue weighted by Gasteiger charge is 2.56. The zero-order chi connectivity index (χ0) is 32.0. The molecule has 1 aliphatic rings. The predicted octanol–water partition coefficient (Wildman–Crippen LogP) is 2.52. The molecular weight excluding hydrogens is 554 g/mol. The van der Waals surface area contributed by atoms with Gasteiger partial charge in [-0.15, -0.1) is 0 Å². The van der Waals surface area contributed by atoms with Crippen molar-refractivity contribution in [2.45, 2.75) is 79.6 Å². The van der Waals surface area contributed by atoms with Gasteiger partial charge in [-0.1, -0.05) is 6.92 Å². The molecular formula is C29H47NO12. The monoisotopic (exact) mass is 601 g/mol. The van der Waals surface area contributed by atoms with Gasteiger partial charge in [-0.2, -0.15) is 0 Å². The number of nitrogens with zero attached hydrogens (tertiary/aromatic N) is 1. The minimum absolute atomic E-state index is 0.00628. The molecule has 240 valence electrons. The molecule has 13 heteroatoms. The summed E-state index contributed by atoms with van der Waals surface area (Å²) in [5.41, 5.74) is -3.81. The van der Waals surface area contributed by atoms with Crippen LogP contribution < -0.4 is 0 Å². The number of methoxy groups -OCH3 is 1. The molecule has 0 aromatic heterocycles. The third-order valence-corrected chi connectivity index (χ3v) is 8.04. The summed E-state index contributed by atoms with van der Waals surface area (Å²) in [4.78, 5) is 75.5. The van der Waals surface area contributed by atoms with Gasteiger partial charge in [0.05, 0.1) is 42.2 Å². The summed E-state index contributed by atoms with van der Waals surface area (Å²) >= 11 is 0. The molecule has 1 saturated heterocycles. The molecule has 0 aliphatic carbocycles. The zero-order valence-electron chi connectivity index (χ0n) is 25.8. The van der Waals surface area contributed by atoms with E-state index in [1.165, 1.54) is 7.11 Å². The van der Waals surface area contributed by atoms with Gasteiger partial charge in [-0.25, -0.2) is 0 Å². The predicted molar refractivity (Wildman–Crippen MR) is 148 cm³/mol. The van der Waals surface area contributed by atoms with Crippen molar-refractivity contribution in [1.29, 1.82) is 0 Å². The molecule has 1 fully saturated rings. The number of rotatable bonds is 20. The second-order valence-electron chi connectivity index (χ2n) is 11.4. The van der Waals surface area contributed by atoms with E-state index in [4.69, 9.17) is 28.8 Å². The Labute approximate surface area is 247 Å². The van der Waals surface area contributed by atoms with Gasteiger partial charge in [0.15, 0.2) is 0 Å². The van der Waals surface area contributed by atoms with E-state index < -0.39 is 46.1 Å². The smallest absolute Gasteiger partial charge is 0.313 e. The number of carboxylic acids is 1. The summed E-state index contributed by atoms with van der Waals surface area (Å²) in [7, 11) is 1.47. The molecule has 13 nitrogen and oxygen atoms in total. The highest BCUT2D eigenvalue weighted by molar-refractivity contribution is 5.88. The van der Waals surface area contributed by atoms with Gasteiger partial charge in [0.2, 0.25) is 5.91 Å². The van der Waals surface area contributed by atoms with Gasteiger partial charge in [-0.3, -0.25) is 28.8 Å². The normalized spacial score (nSPS) is 16.2. The first kappa shape index (κ1) is 36.8. The Morgan fingerprint density at radius 1 is 0.786 bits per heavy atom. The van der Waals surface area contributed by atoms with Crippen molar-refractivity contribution in [3.05, 3.63) is 0 Å². The number of esters is 4. The van der Waals surface area contributed by atoms with Crippen LogP contribution in [-0.2, 0) is 52.5 Å². The summed E-state index contributed by atoms with van der Waals surface area (Å²) in [5.74, 6) is -3.66. The fraction of sp³-hybridized carbons (Fsp3) is 0.793. The number of carboxylic acid groups (broad SMARTS) is 1. The maximum Gasteiger partial charge on any atom is 0.313 e. The first-order valence-corrected chi connectivity index (χ1v) is 14.3. The number of carbonyl (C=O) groups excluding carboxylic acids is 5. The molecule has 0 spiro atoms. The number of likely N-dealkylation sites (tertiary alicyclic amines) is 1. The summed E-state index contributed by atoms with van der Waals surface area (Å²) in [6.07, 6.45) is 1.05. The van der Waals surface area contributed by atoms with Crippen molar-refractivity contribution in [3.8, 4) is 0 Å². The van der Waals surface area contributed by atoms with Crippen LogP contribution in [0.3, 0.4) is 0 Å². The first-order valence-electron chi connectivity index (χ1n) is 14.3. The van der Waals surface area contributed by atoms with Gasteiger partial charge in [0, 0.05) is 20.1 Å². The van der Waals surface area contributed by atoms with Crippen molar-refractivity contribution >= 4 is 35.8 Å². The van der Waals surface area contributed by atoms with Crippen molar-refractivity contribution in [2.75, 3.05) is 53.2 Å². The Balaban J connectivity index is 2.92. The Morgan fingerprint density at radius 2 is 1.36 bits per heavy atom. The van der Waals surface area contributed by atoms with Crippen molar-refractivity contribution < 1.29 is 57.6 Å². The standard InChI is InChI=1S/C29H47NO12/c1-7-28(4,25(36)40-16-15-30-14-8-9-21(30)31)29(5,26(37)42-18-17-38-6)13-12-27(2,3)24(35)41-20-19-39-23(34)11-10-22(32)33/h7-20H2,1-6H3,(H,32,33). The van der Waals surface area contributed by atoms with Gasteiger partial charge < -0.3 is 33.7 Å². The lowest BCUT2D eigenvalue weighted by atomic mass is 9.60. The van der Waals surface area contributed by atoms with Crippen LogP contribution in [0.1, 0.15) is 79.6 Å². The molecule has 1 heterocycles. The van der Waals surface area contributed by atoms with Gasteiger partial charge in [-0.05, 0) is 53.4 Å². The lowest BCUT2D eigenvalue weighted by Crippen LogP contribution is -2.51. The molecule has 1 aliphatic heterocycles. The highest BCUT2D eigenvalue weighted by Crippen LogP contribution is 2.49. The molecule has 1 rings (SSSR count). The molecule has 0 radical (unpaired) electrons. The lowest BCUT2D eigenvalue weighted by Gasteiger charge is -2.43. The average molecular weight is 602 g/mol. The Kier molecular flexibility index (Phi) is 14.9. The molecule has 0 bridgehead atoms. The molecule has 2 atom stereocenters. The maximum absolute atomic E-state index is 13.5. The van der Waals surface area contributed by atoms with Crippen LogP contribution in [0.25, 0.3) is 0 Å². The highest BCUT2D eigenvalue weighted by atomic mass is 16.6. The van der Waals surface area contributed by atoms with E-state index in [1.807, 2.05) is 0 Å². The van der Waals surface area contributed by atoms with Crippen LogP contribution in [0.5, 0.6) is 0 Å². The second-order valence-corrected chi connectivity index (χ2v) is 11.4. The number of hydrogen-bond acceptors (Lipinski definition) is 11. The van der Waals surface area contributed by atoms with E-state index in [-0.39, 0.29) is 77.6 Å². The van der Waals surface area contributed by atoms with Crippen LogP contribution in [0.2, 0.25) is 0 Å². The summed E-state index contributed by atoms with van der Waals surface area (Å²) < 4.78 is 26.2. The molecule has 42 heavy (non-hydrogen) atoms. The number of carbonyl (C=O) groups is 6. The van der Waals surface area contributed by atoms with Crippen LogP contribution in [0.15, 0.2) is 0 Å². The van der Waals surface area contributed by atoms with Gasteiger partial charge in [0.25, 0.3) is 0 Å². The first-order chi connectivity index (χ1) is 19.6. The van der Waals surface area contributed by atoms with Crippen LogP contribution >= 0.6 is 0 Å². The van der Waals surface area contributed by atoms with Crippen molar-refractivity contribution in [2.24, 2.45) is 16.2 Å². The minimum Gasteiger partial charge on any atom is -0.481 e. The van der Waals surface area contributed by atoms with Crippen LogP contribution in [0, 0.1) is 16.2 Å². The topological polar surface area (TPSA) is 172 Å². The zero-order valence-corrected chi connectivity index (χ0v) is 25.8. The summed E-state index contributed by atoms with van der Waals surface area (Å²) in [6, 6.07) is 0. The SMILES string of the molecule is CCC(C)(C(=O)OCCN1CCCC1=O)C(C)(CCC(C)(C)C(=O)OCCOC(=O)CCC(=O)O)C(=O)OCCOC. The molecule has 2 unspecified atom stereocenters. The number of ether oxygens (including phenoxy) is 5. The van der Waals surface area contributed by atoms with E-state index in [9.17, 15) is 28.8 Å².